The third-order valence-corrected chi connectivity index (χ3v) is 6.54. The lowest BCUT2D eigenvalue weighted by Gasteiger charge is -2.40. The van der Waals surface area contributed by atoms with Crippen molar-refractivity contribution < 1.29 is 19.4 Å². The fourth-order valence-electron chi connectivity index (χ4n) is 5.01. The summed E-state index contributed by atoms with van der Waals surface area (Å²) in [6, 6.07) is 18.3. The van der Waals surface area contributed by atoms with E-state index < -0.39 is 5.97 Å². The van der Waals surface area contributed by atoms with Crippen molar-refractivity contribution in [1.29, 1.82) is 0 Å². The second kappa shape index (κ2) is 7.30. The first kappa shape index (κ1) is 19.4. The van der Waals surface area contributed by atoms with Crippen LogP contribution in [-0.2, 0) is 4.74 Å². The van der Waals surface area contributed by atoms with Crippen LogP contribution in [0, 0.1) is 13.8 Å². The average Bonchev–Trinajstić information content (AvgIpc) is 3.20. The molecule has 0 bridgehead atoms. The van der Waals surface area contributed by atoms with E-state index in [9.17, 15) is 14.7 Å². The molecule has 158 valence electrons. The highest BCUT2D eigenvalue weighted by atomic mass is 16.6. The third-order valence-electron chi connectivity index (χ3n) is 6.54. The zero-order valence-corrected chi connectivity index (χ0v) is 17.5. The number of carbonyl (C=O) groups is 2. The summed E-state index contributed by atoms with van der Waals surface area (Å²) < 4.78 is 7.73. The Labute approximate surface area is 180 Å². The van der Waals surface area contributed by atoms with Gasteiger partial charge in [0.15, 0.2) is 0 Å². The topological polar surface area (TPSA) is 71.8 Å². The minimum atomic E-state index is -0.924. The van der Waals surface area contributed by atoms with Crippen molar-refractivity contribution in [3.05, 3.63) is 82.7 Å². The Morgan fingerprint density at radius 3 is 2.13 bits per heavy atom. The Bertz CT molecular complexity index is 1140. The zero-order valence-electron chi connectivity index (χ0n) is 17.5. The van der Waals surface area contributed by atoms with Crippen molar-refractivity contribution in [2.75, 3.05) is 19.7 Å². The van der Waals surface area contributed by atoms with Crippen molar-refractivity contribution in [2.45, 2.75) is 25.8 Å². The van der Waals surface area contributed by atoms with Crippen molar-refractivity contribution >= 4 is 12.1 Å². The van der Waals surface area contributed by atoms with Gasteiger partial charge in [-0.1, -0.05) is 48.5 Å². The Kier molecular flexibility index (Phi) is 4.58. The fraction of sp³-hybridized carbons (Fsp3) is 0.280. The van der Waals surface area contributed by atoms with Gasteiger partial charge in [-0.05, 0) is 42.2 Å². The van der Waals surface area contributed by atoms with Crippen molar-refractivity contribution in [3.63, 3.8) is 0 Å². The number of hydrogen-bond acceptors (Lipinski definition) is 3. The number of aryl methyl sites for hydroxylation is 1. The molecule has 1 saturated heterocycles. The molecule has 1 amide bonds. The second-order valence-electron chi connectivity index (χ2n) is 8.32. The minimum absolute atomic E-state index is 0.0421. The van der Waals surface area contributed by atoms with Crippen molar-refractivity contribution in [1.82, 2.24) is 9.47 Å². The van der Waals surface area contributed by atoms with E-state index in [4.69, 9.17) is 4.74 Å². The zero-order chi connectivity index (χ0) is 21.7. The van der Waals surface area contributed by atoms with E-state index in [-0.39, 0.29) is 18.1 Å². The predicted octanol–water partition coefficient (Wildman–Crippen LogP) is 4.61. The standard InChI is InChI=1S/C25H24N2O4/c1-15-11-22(24(28)29)16(2)27(15)17-12-26(13-17)25(30)31-14-23-20-9-5-3-7-18(20)19-8-4-6-10-21(19)23/h3-11,17,23H,12-14H2,1-2H3,(H,28,29). The van der Waals surface area contributed by atoms with Gasteiger partial charge in [-0.25, -0.2) is 9.59 Å². The Morgan fingerprint density at radius 1 is 1.00 bits per heavy atom. The maximum absolute atomic E-state index is 12.7. The summed E-state index contributed by atoms with van der Waals surface area (Å²) in [5.41, 5.74) is 6.73. The summed E-state index contributed by atoms with van der Waals surface area (Å²) in [6.07, 6.45) is -0.320. The van der Waals surface area contributed by atoms with Gasteiger partial charge in [-0.3, -0.25) is 0 Å². The van der Waals surface area contributed by atoms with Crippen molar-refractivity contribution in [3.8, 4) is 11.1 Å². The van der Waals surface area contributed by atoms with Gasteiger partial charge in [0.05, 0.1) is 11.6 Å². The smallest absolute Gasteiger partial charge is 0.409 e. The Morgan fingerprint density at radius 2 is 1.58 bits per heavy atom. The number of benzene rings is 2. The molecule has 5 rings (SSSR count). The number of fused-ring (bicyclic) bond motifs is 3. The van der Waals surface area contributed by atoms with Crippen LogP contribution in [0.5, 0.6) is 0 Å². The molecule has 0 spiro atoms. The van der Waals surface area contributed by atoms with Crippen LogP contribution in [0.15, 0.2) is 54.6 Å². The number of aromatic nitrogens is 1. The maximum Gasteiger partial charge on any atom is 0.409 e. The largest absolute Gasteiger partial charge is 0.478 e. The normalized spacial score (nSPS) is 15.4. The number of carboxylic acids is 1. The van der Waals surface area contributed by atoms with Crippen LogP contribution in [0.1, 0.15) is 44.8 Å². The molecule has 2 aliphatic rings. The summed E-state index contributed by atoms with van der Waals surface area (Å²) in [5, 5.41) is 9.33. The molecular formula is C25H24N2O4. The Balaban J connectivity index is 1.25. The molecule has 0 unspecified atom stereocenters. The fourth-order valence-corrected chi connectivity index (χ4v) is 5.01. The molecule has 31 heavy (non-hydrogen) atoms. The average molecular weight is 416 g/mol. The molecule has 6 heteroatoms. The van der Waals surface area contributed by atoms with E-state index in [2.05, 4.69) is 24.3 Å². The SMILES string of the molecule is Cc1cc(C(=O)O)c(C)n1C1CN(C(=O)OCC2c3ccccc3-c3ccccc32)C1. The highest BCUT2D eigenvalue weighted by Crippen LogP contribution is 2.44. The molecule has 1 aliphatic heterocycles. The van der Waals surface area contributed by atoms with Gasteiger partial charge in [-0.2, -0.15) is 0 Å². The van der Waals surface area contributed by atoms with Gasteiger partial charge in [-0.15, -0.1) is 0 Å². The number of hydrogen-bond donors (Lipinski definition) is 1. The van der Waals surface area contributed by atoms with Crippen LogP contribution in [0.25, 0.3) is 11.1 Å². The lowest BCUT2D eigenvalue weighted by atomic mass is 9.98. The molecule has 1 aliphatic carbocycles. The summed E-state index contributed by atoms with van der Waals surface area (Å²) in [6.45, 7) is 5.05. The maximum atomic E-state index is 12.7. The molecule has 6 nitrogen and oxygen atoms in total. The molecule has 3 aromatic rings. The van der Waals surface area contributed by atoms with Gasteiger partial charge in [0.2, 0.25) is 0 Å². The highest BCUT2D eigenvalue weighted by Gasteiger charge is 2.36. The molecule has 0 atom stereocenters. The minimum Gasteiger partial charge on any atom is -0.478 e. The van der Waals surface area contributed by atoms with E-state index in [1.807, 2.05) is 42.7 Å². The first-order valence-corrected chi connectivity index (χ1v) is 10.5. The van der Waals surface area contributed by atoms with Crippen LogP contribution in [0.2, 0.25) is 0 Å². The van der Waals surface area contributed by atoms with Crippen LogP contribution in [0.4, 0.5) is 4.79 Å². The van der Waals surface area contributed by atoms with E-state index in [0.29, 0.717) is 25.3 Å². The quantitative estimate of drug-likeness (QED) is 0.674. The highest BCUT2D eigenvalue weighted by molar-refractivity contribution is 5.89. The second-order valence-corrected chi connectivity index (χ2v) is 8.32. The van der Waals surface area contributed by atoms with E-state index in [1.54, 1.807) is 11.0 Å². The number of ether oxygens (including phenoxy) is 1. The van der Waals surface area contributed by atoms with Crippen LogP contribution < -0.4 is 0 Å². The van der Waals surface area contributed by atoms with Crippen LogP contribution in [0.3, 0.4) is 0 Å². The first-order valence-electron chi connectivity index (χ1n) is 10.5. The van der Waals surface area contributed by atoms with Crippen molar-refractivity contribution in [2.24, 2.45) is 0 Å². The number of carboxylic acid groups (broad SMARTS) is 1. The number of nitrogens with zero attached hydrogens (tertiary/aromatic N) is 2. The van der Waals surface area contributed by atoms with Gasteiger partial charge >= 0.3 is 12.1 Å². The molecule has 0 saturated carbocycles. The van der Waals surface area contributed by atoms with E-state index in [1.165, 1.54) is 22.3 Å². The summed E-state index contributed by atoms with van der Waals surface area (Å²) in [4.78, 5) is 25.7. The molecule has 1 aromatic heterocycles. The van der Waals surface area contributed by atoms with Gasteiger partial charge in [0.1, 0.15) is 6.61 Å². The molecular weight excluding hydrogens is 392 g/mol. The number of carbonyl (C=O) groups excluding carboxylic acids is 1. The Hall–Kier alpha value is -3.54. The van der Waals surface area contributed by atoms with Gasteiger partial charge in [0, 0.05) is 30.4 Å². The molecule has 1 N–H and O–H groups in total. The third kappa shape index (κ3) is 3.10. The lowest BCUT2D eigenvalue weighted by Crippen LogP contribution is -2.51. The molecule has 2 aromatic carbocycles. The predicted molar refractivity (Wildman–Crippen MR) is 117 cm³/mol. The summed E-state index contributed by atoms with van der Waals surface area (Å²) in [7, 11) is 0. The first-order chi connectivity index (χ1) is 15.0. The number of aromatic carboxylic acids is 1. The summed E-state index contributed by atoms with van der Waals surface area (Å²) in [5.74, 6) is -0.882. The molecule has 2 heterocycles. The monoisotopic (exact) mass is 416 g/mol. The van der Waals surface area contributed by atoms with E-state index >= 15 is 0 Å². The van der Waals surface area contributed by atoms with Crippen LogP contribution >= 0.6 is 0 Å². The lowest BCUT2D eigenvalue weighted by molar-refractivity contribution is 0.0543. The van der Waals surface area contributed by atoms with E-state index in [0.717, 1.165) is 11.4 Å². The number of amides is 1. The number of likely N-dealkylation sites (tertiary alicyclic amines) is 1. The number of rotatable bonds is 4. The van der Waals surface area contributed by atoms with Gasteiger partial charge < -0.3 is 19.3 Å². The molecule has 1 fully saturated rings. The van der Waals surface area contributed by atoms with Gasteiger partial charge in [0.25, 0.3) is 0 Å². The van der Waals surface area contributed by atoms with Crippen LogP contribution in [-0.4, -0.2) is 46.3 Å². The molecule has 0 radical (unpaired) electrons. The summed E-state index contributed by atoms with van der Waals surface area (Å²) >= 11 is 0.